The van der Waals surface area contributed by atoms with Gasteiger partial charge in [-0.15, -0.1) is 0 Å². The van der Waals surface area contributed by atoms with E-state index >= 15 is 0 Å². The number of likely N-dealkylation sites (N-methyl/N-ethyl adjacent to an activating group) is 1. The van der Waals surface area contributed by atoms with Crippen molar-refractivity contribution in [1.29, 1.82) is 5.41 Å². The molecule has 0 aromatic carbocycles. The number of aromatic nitrogens is 4. The number of alkyl halides is 2. The molecule has 40 heavy (non-hydrogen) atoms. The highest BCUT2D eigenvalue weighted by molar-refractivity contribution is 6.12. The van der Waals surface area contributed by atoms with E-state index in [1.165, 1.54) is 0 Å². The quantitative estimate of drug-likeness (QED) is 0.289. The third-order valence-corrected chi connectivity index (χ3v) is 7.34. The van der Waals surface area contributed by atoms with Crippen molar-refractivity contribution in [2.75, 3.05) is 63.5 Å². The number of fused-ring (bicyclic) bond motifs is 1. The molecular formula is C29H35F2N9. The molecule has 0 saturated carbocycles. The largest absolute Gasteiger partial charge is 0.397 e. The molecule has 3 aromatic heterocycles. The van der Waals surface area contributed by atoms with E-state index in [2.05, 4.69) is 33.4 Å². The van der Waals surface area contributed by atoms with E-state index in [0.717, 1.165) is 54.0 Å². The van der Waals surface area contributed by atoms with Crippen LogP contribution in [-0.2, 0) is 0 Å². The lowest BCUT2D eigenvalue weighted by Crippen LogP contribution is -2.44. The summed E-state index contributed by atoms with van der Waals surface area (Å²) < 4.78 is 27.3. The molecule has 5 heterocycles. The lowest BCUT2D eigenvalue weighted by atomic mass is 10.1. The van der Waals surface area contributed by atoms with Crippen molar-refractivity contribution in [2.24, 2.45) is 0 Å². The minimum atomic E-state index is -2.63. The van der Waals surface area contributed by atoms with Crippen LogP contribution in [0.4, 0.5) is 20.2 Å². The number of piperazine rings is 1. The Morgan fingerprint density at radius 1 is 1.18 bits per heavy atom. The van der Waals surface area contributed by atoms with Gasteiger partial charge in [-0.25, -0.2) is 18.7 Å². The van der Waals surface area contributed by atoms with Gasteiger partial charge in [-0.05, 0) is 26.1 Å². The number of hydrogen-bond donors (Lipinski definition) is 3. The van der Waals surface area contributed by atoms with Crippen molar-refractivity contribution in [3.05, 3.63) is 72.1 Å². The van der Waals surface area contributed by atoms with Gasteiger partial charge in [0.05, 0.1) is 41.5 Å². The highest BCUT2D eigenvalue weighted by Gasteiger charge is 2.37. The van der Waals surface area contributed by atoms with E-state index in [0.29, 0.717) is 36.0 Å². The van der Waals surface area contributed by atoms with E-state index in [9.17, 15) is 8.78 Å². The van der Waals surface area contributed by atoms with Gasteiger partial charge in [0.2, 0.25) is 0 Å². The van der Waals surface area contributed by atoms with Crippen LogP contribution in [0.2, 0.25) is 0 Å². The Hall–Kier alpha value is -3.96. The summed E-state index contributed by atoms with van der Waals surface area (Å²) in [5.74, 6) is -2.28. The number of pyridine rings is 2. The Morgan fingerprint density at radius 3 is 2.65 bits per heavy atom. The van der Waals surface area contributed by atoms with Gasteiger partial charge in [0, 0.05) is 51.3 Å². The Labute approximate surface area is 232 Å². The fourth-order valence-electron chi connectivity index (χ4n) is 5.20. The number of nitrogens with zero attached hydrogens (tertiary/aromatic N) is 6. The molecule has 2 aliphatic rings. The number of rotatable bonds is 8. The van der Waals surface area contributed by atoms with Gasteiger partial charge in [-0.2, -0.15) is 0 Å². The summed E-state index contributed by atoms with van der Waals surface area (Å²) in [6.45, 7) is 9.95. The summed E-state index contributed by atoms with van der Waals surface area (Å²) >= 11 is 0. The van der Waals surface area contributed by atoms with Gasteiger partial charge in [0.25, 0.3) is 5.92 Å². The van der Waals surface area contributed by atoms with E-state index in [1.54, 1.807) is 29.3 Å². The first-order chi connectivity index (χ1) is 19.1. The van der Waals surface area contributed by atoms with Crippen molar-refractivity contribution in [3.63, 3.8) is 0 Å². The number of hydrogen-bond acceptors (Lipinski definition) is 8. The molecule has 210 valence electrons. The lowest BCUT2D eigenvalue weighted by molar-refractivity contribution is 0.0131. The standard InChI is InChI=1S/C29H35F2N9/c1-4-5-20(14-19(2)17-39-9-8-29(30,31)18-39)22-7-6-21(32)26(35-22)25(33)28-36-23-15-34-16-24(27(23)37-28)40-12-10-38(3)11-13-40/h4-7,14-16,33H,1,8-13,17-18,32H2,2-3H3,(H,36,37)/b19-14+,20-5+,33-25?. The third-order valence-electron chi connectivity index (χ3n) is 7.34. The molecular weight excluding hydrogens is 512 g/mol. The number of anilines is 2. The minimum Gasteiger partial charge on any atom is -0.397 e. The van der Waals surface area contributed by atoms with Crippen LogP contribution in [0.25, 0.3) is 16.6 Å². The SMILES string of the molecule is C=C/C=C(\C=C(/C)CN1CCC(F)(F)C1)c1ccc(N)c(C(=N)c2nc3c(N4CCN(C)CC4)cncc3[nH]2)n1. The zero-order chi connectivity index (χ0) is 28.4. The highest BCUT2D eigenvalue weighted by atomic mass is 19.3. The van der Waals surface area contributed by atoms with Crippen molar-refractivity contribution in [3.8, 4) is 0 Å². The zero-order valence-electron chi connectivity index (χ0n) is 22.9. The molecule has 0 atom stereocenters. The van der Waals surface area contributed by atoms with Crippen LogP contribution >= 0.6 is 0 Å². The number of halogens is 2. The lowest BCUT2D eigenvalue weighted by Gasteiger charge is -2.33. The zero-order valence-corrected chi connectivity index (χ0v) is 22.9. The van der Waals surface area contributed by atoms with Gasteiger partial charge in [-0.3, -0.25) is 15.3 Å². The second kappa shape index (κ2) is 11.3. The second-order valence-electron chi connectivity index (χ2n) is 10.6. The van der Waals surface area contributed by atoms with Crippen LogP contribution in [0, 0.1) is 5.41 Å². The molecule has 2 fully saturated rings. The third kappa shape index (κ3) is 5.95. The molecule has 9 nitrogen and oxygen atoms in total. The van der Waals surface area contributed by atoms with Crippen molar-refractivity contribution in [2.45, 2.75) is 19.3 Å². The topological polar surface area (TPSA) is 114 Å². The summed E-state index contributed by atoms with van der Waals surface area (Å²) in [5, 5.41) is 8.94. The second-order valence-corrected chi connectivity index (χ2v) is 10.6. The van der Waals surface area contributed by atoms with Crippen molar-refractivity contribution >= 4 is 33.7 Å². The molecule has 0 aliphatic carbocycles. The Morgan fingerprint density at radius 2 is 1.95 bits per heavy atom. The number of imidazole rings is 1. The number of allylic oxidation sites excluding steroid dienone is 4. The maximum absolute atomic E-state index is 13.6. The molecule has 0 amide bonds. The highest BCUT2D eigenvalue weighted by Crippen LogP contribution is 2.29. The summed E-state index contributed by atoms with van der Waals surface area (Å²) in [5.41, 5.74) is 11.7. The minimum absolute atomic E-state index is 0.0674. The Kier molecular flexibility index (Phi) is 7.77. The van der Waals surface area contributed by atoms with Gasteiger partial charge in [0.15, 0.2) is 5.82 Å². The van der Waals surface area contributed by atoms with Gasteiger partial charge >= 0.3 is 0 Å². The molecule has 0 radical (unpaired) electrons. The fourth-order valence-corrected chi connectivity index (χ4v) is 5.20. The number of nitrogens with one attached hydrogen (secondary N) is 2. The average Bonchev–Trinajstić information content (AvgIpc) is 3.51. The number of nitrogens with two attached hydrogens (primary N) is 1. The first-order valence-electron chi connectivity index (χ1n) is 13.4. The van der Waals surface area contributed by atoms with E-state index in [-0.39, 0.29) is 18.7 Å². The average molecular weight is 548 g/mol. The Bertz CT molecular complexity index is 1480. The summed E-state index contributed by atoms with van der Waals surface area (Å²) in [6, 6.07) is 3.50. The molecule has 5 rings (SSSR count). The molecule has 0 spiro atoms. The van der Waals surface area contributed by atoms with Crippen LogP contribution in [0.5, 0.6) is 0 Å². The number of aromatic amines is 1. The van der Waals surface area contributed by atoms with Crippen LogP contribution < -0.4 is 10.6 Å². The summed E-state index contributed by atoms with van der Waals surface area (Å²) in [7, 11) is 2.11. The van der Waals surface area contributed by atoms with Gasteiger partial charge < -0.3 is 20.5 Å². The summed E-state index contributed by atoms with van der Waals surface area (Å²) in [6.07, 6.45) is 8.79. The van der Waals surface area contributed by atoms with E-state index < -0.39 is 5.92 Å². The number of nitrogen functional groups attached to an aromatic ring is 1. The maximum Gasteiger partial charge on any atom is 0.261 e. The van der Waals surface area contributed by atoms with Gasteiger partial charge in [-0.1, -0.05) is 30.4 Å². The Balaban J connectivity index is 1.42. The number of likely N-dealkylation sites (tertiary alicyclic amines) is 1. The van der Waals surface area contributed by atoms with Crippen LogP contribution in [0.1, 0.15) is 30.6 Å². The maximum atomic E-state index is 13.6. The molecule has 4 N–H and O–H groups in total. The molecule has 0 unspecified atom stereocenters. The number of H-pyrrole nitrogens is 1. The predicted octanol–water partition coefficient (Wildman–Crippen LogP) is 3.96. The van der Waals surface area contributed by atoms with E-state index in [1.807, 2.05) is 25.3 Å². The van der Waals surface area contributed by atoms with E-state index in [4.69, 9.17) is 21.1 Å². The molecule has 3 aromatic rings. The van der Waals surface area contributed by atoms with Crippen molar-refractivity contribution in [1.82, 2.24) is 29.7 Å². The monoisotopic (exact) mass is 547 g/mol. The van der Waals surface area contributed by atoms with Gasteiger partial charge in [0.1, 0.15) is 16.9 Å². The molecule has 0 bridgehead atoms. The van der Waals surface area contributed by atoms with Crippen LogP contribution in [-0.4, -0.2) is 94.2 Å². The normalized spacial score (nSPS) is 18.9. The fraction of sp³-hybridized carbons (Fsp3) is 0.379. The first kappa shape index (κ1) is 27.6. The molecule has 11 heteroatoms. The van der Waals surface area contributed by atoms with Crippen molar-refractivity contribution < 1.29 is 8.78 Å². The first-order valence-corrected chi connectivity index (χ1v) is 13.4. The molecule has 2 saturated heterocycles. The predicted molar refractivity (Wildman–Crippen MR) is 156 cm³/mol. The van der Waals surface area contributed by atoms with Crippen LogP contribution in [0.15, 0.2) is 54.9 Å². The molecule has 2 aliphatic heterocycles. The van der Waals surface area contributed by atoms with Crippen LogP contribution in [0.3, 0.4) is 0 Å². The summed E-state index contributed by atoms with van der Waals surface area (Å²) in [4.78, 5) is 23.4. The smallest absolute Gasteiger partial charge is 0.261 e.